The van der Waals surface area contributed by atoms with E-state index in [1.807, 2.05) is 26.2 Å². The van der Waals surface area contributed by atoms with Crippen molar-refractivity contribution in [3.8, 4) is 0 Å². The fourth-order valence-corrected chi connectivity index (χ4v) is 2.07. The smallest absolute Gasteiger partial charge is 0.146 e. The monoisotopic (exact) mass is 272 g/mol. The van der Waals surface area contributed by atoms with Gasteiger partial charge in [0.05, 0.1) is 5.69 Å². The maximum Gasteiger partial charge on any atom is 0.146 e. The van der Waals surface area contributed by atoms with Crippen LogP contribution in [-0.2, 0) is 13.1 Å². The molecular formula is C17H21FN2. The number of hydrogen-bond acceptors (Lipinski definition) is 2. The first-order chi connectivity index (χ1) is 9.56. The molecular weight excluding hydrogens is 251 g/mol. The summed E-state index contributed by atoms with van der Waals surface area (Å²) in [7, 11) is 3.70. The molecule has 0 unspecified atom stereocenters. The van der Waals surface area contributed by atoms with Gasteiger partial charge in [-0.3, -0.25) is 0 Å². The SMILES string of the molecule is Cc1ccc(CNCc2ccc(F)c(N(C)C)c2)cc1. The molecule has 0 aromatic heterocycles. The molecule has 1 N–H and O–H groups in total. The molecule has 0 heterocycles. The van der Waals surface area contributed by atoms with Gasteiger partial charge in [0.25, 0.3) is 0 Å². The zero-order valence-electron chi connectivity index (χ0n) is 12.3. The van der Waals surface area contributed by atoms with Crippen LogP contribution in [0, 0.1) is 12.7 Å². The Morgan fingerprint density at radius 1 is 0.950 bits per heavy atom. The summed E-state index contributed by atoms with van der Waals surface area (Å²) in [6.07, 6.45) is 0. The first-order valence-electron chi connectivity index (χ1n) is 6.78. The predicted molar refractivity (Wildman–Crippen MR) is 82.4 cm³/mol. The van der Waals surface area contributed by atoms with Gasteiger partial charge in [0.15, 0.2) is 0 Å². The summed E-state index contributed by atoms with van der Waals surface area (Å²) in [4.78, 5) is 1.79. The second-order valence-corrected chi connectivity index (χ2v) is 5.27. The van der Waals surface area contributed by atoms with Gasteiger partial charge in [-0.25, -0.2) is 4.39 Å². The predicted octanol–water partition coefficient (Wildman–Crippen LogP) is 3.49. The largest absolute Gasteiger partial charge is 0.375 e. The van der Waals surface area contributed by atoms with Crippen LogP contribution in [0.3, 0.4) is 0 Å². The zero-order valence-corrected chi connectivity index (χ0v) is 12.3. The van der Waals surface area contributed by atoms with Crippen molar-refractivity contribution >= 4 is 5.69 Å². The molecule has 0 aliphatic rings. The minimum absolute atomic E-state index is 0.183. The third-order valence-corrected chi connectivity index (χ3v) is 3.27. The Balaban J connectivity index is 1.94. The number of benzene rings is 2. The van der Waals surface area contributed by atoms with E-state index >= 15 is 0 Å². The molecule has 0 saturated heterocycles. The van der Waals surface area contributed by atoms with Gasteiger partial charge in [-0.1, -0.05) is 35.9 Å². The summed E-state index contributed by atoms with van der Waals surface area (Å²) in [6.45, 7) is 3.63. The number of nitrogens with one attached hydrogen (secondary N) is 1. The molecule has 0 aliphatic heterocycles. The average Bonchev–Trinajstić information content (AvgIpc) is 2.42. The highest BCUT2D eigenvalue weighted by molar-refractivity contribution is 5.48. The quantitative estimate of drug-likeness (QED) is 0.896. The molecule has 20 heavy (non-hydrogen) atoms. The van der Waals surface area contributed by atoms with Gasteiger partial charge in [-0.2, -0.15) is 0 Å². The van der Waals surface area contributed by atoms with Crippen molar-refractivity contribution in [2.24, 2.45) is 0 Å². The summed E-state index contributed by atoms with van der Waals surface area (Å²) in [6, 6.07) is 13.7. The van der Waals surface area contributed by atoms with E-state index < -0.39 is 0 Å². The van der Waals surface area contributed by atoms with Gasteiger partial charge in [-0.15, -0.1) is 0 Å². The van der Waals surface area contributed by atoms with Gasteiger partial charge in [0.2, 0.25) is 0 Å². The maximum absolute atomic E-state index is 13.6. The van der Waals surface area contributed by atoms with Crippen LogP contribution in [0.2, 0.25) is 0 Å². The number of hydrogen-bond donors (Lipinski definition) is 1. The van der Waals surface area contributed by atoms with Gasteiger partial charge in [0.1, 0.15) is 5.82 Å². The maximum atomic E-state index is 13.6. The van der Waals surface area contributed by atoms with Crippen LogP contribution in [-0.4, -0.2) is 14.1 Å². The third kappa shape index (κ3) is 3.81. The Bertz CT molecular complexity index is 562. The van der Waals surface area contributed by atoms with E-state index in [-0.39, 0.29) is 5.82 Å². The molecule has 0 fully saturated rings. The topological polar surface area (TPSA) is 15.3 Å². The summed E-state index contributed by atoms with van der Waals surface area (Å²) in [5.74, 6) is -0.183. The van der Waals surface area contributed by atoms with Crippen LogP contribution >= 0.6 is 0 Å². The zero-order chi connectivity index (χ0) is 14.5. The van der Waals surface area contributed by atoms with Gasteiger partial charge in [-0.05, 0) is 30.2 Å². The van der Waals surface area contributed by atoms with Gasteiger partial charge in [0, 0.05) is 27.2 Å². The number of rotatable bonds is 5. The lowest BCUT2D eigenvalue weighted by molar-refractivity contribution is 0.623. The molecule has 0 amide bonds. The number of nitrogens with zero attached hydrogens (tertiary/aromatic N) is 1. The molecule has 2 nitrogen and oxygen atoms in total. The standard InChI is InChI=1S/C17H21FN2/c1-13-4-6-14(7-5-13)11-19-12-15-8-9-16(18)17(10-15)20(2)3/h4-10,19H,11-12H2,1-3H3. The van der Waals surface area contributed by atoms with Crippen molar-refractivity contribution in [3.63, 3.8) is 0 Å². The fraction of sp³-hybridized carbons (Fsp3) is 0.294. The summed E-state index contributed by atoms with van der Waals surface area (Å²) in [5.41, 5.74) is 4.23. The van der Waals surface area contributed by atoms with Gasteiger partial charge >= 0.3 is 0 Å². The Labute approximate surface area is 120 Å². The van der Waals surface area contributed by atoms with Crippen LogP contribution < -0.4 is 10.2 Å². The normalized spacial score (nSPS) is 10.6. The van der Waals surface area contributed by atoms with Crippen molar-refractivity contribution in [2.45, 2.75) is 20.0 Å². The second-order valence-electron chi connectivity index (χ2n) is 5.27. The highest BCUT2D eigenvalue weighted by Gasteiger charge is 2.05. The highest BCUT2D eigenvalue weighted by Crippen LogP contribution is 2.18. The molecule has 2 aromatic carbocycles. The van der Waals surface area contributed by atoms with Crippen molar-refractivity contribution in [1.29, 1.82) is 0 Å². The molecule has 0 aliphatic carbocycles. The molecule has 0 spiro atoms. The van der Waals surface area contributed by atoms with Crippen molar-refractivity contribution in [2.75, 3.05) is 19.0 Å². The molecule has 0 bridgehead atoms. The molecule has 0 radical (unpaired) electrons. The molecule has 106 valence electrons. The van der Waals surface area contributed by atoms with E-state index in [2.05, 4.69) is 36.5 Å². The van der Waals surface area contributed by atoms with Crippen LogP contribution in [0.25, 0.3) is 0 Å². The average molecular weight is 272 g/mol. The lowest BCUT2D eigenvalue weighted by atomic mass is 10.1. The lowest BCUT2D eigenvalue weighted by Crippen LogP contribution is -2.15. The van der Waals surface area contributed by atoms with E-state index in [1.54, 1.807) is 4.90 Å². The lowest BCUT2D eigenvalue weighted by Gasteiger charge is -2.15. The Morgan fingerprint density at radius 2 is 1.55 bits per heavy atom. The molecule has 2 rings (SSSR count). The molecule has 0 saturated carbocycles. The van der Waals surface area contributed by atoms with Crippen molar-refractivity contribution in [1.82, 2.24) is 5.32 Å². The summed E-state index contributed by atoms with van der Waals surface area (Å²) < 4.78 is 13.6. The summed E-state index contributed by atoms with van der Waals surface area (Å²) >= 11 is 0. The summed E-state index contributed by atoms with van der Waals surface area (Å²) in [5, 5.41) is 3.38. The van der Waals surface area contributed by atoms with Gasteiger partial charge < -0.3 is 10.2 Å². The van der Waals surface area contributed by atoms with E-state index in [9.17, 15) is 4.39 Å². The van der Waals surface area contributed by atoms with E-state index in [0.717, 1.165) is 18.7 Å². The number of halogens is 1. The number of aryl methyl sites for hydroxylation is 1. The highest BCUT2D eigenvalue weighted by atomic mass is 19.1. The fourth-order valence-electron chi connectivity index (χ4n) is 2.07. The molecule has 2 aromatic rings. The first-order valence-corrected chi connectivity index (χ1v) is 6.78. The number of anilines is 1. The van der Waals surface area contributed by atoms with E-state index in [4.69, 9.17) is 0 Å². The Hall–Kier alpha value is -1.87. The van der Waals surface area contributed by atoms with Crippen LogP contribution in [0.1, 0.15) is 16.7 Å². The second kappa shape index (κ2) is 6.53. The Kier molecular flexibility index (Phi) is 4.74. The van der Waals surface area contributed by atoms with Crippen molar-refractivity contribution in [3.05, 3.63) is 65.0 Å². The Morgan fingerprint density at radius 3 is 2.20 bits per heavy atom. The van der Waals surface area contributed by atoms with Crippen LogP contribution in [0.5, 0.6) is 0 Å². The molecule has 3 heteroatoms. The molecule has 0 atom stereocenters. The van der Waals surface area contributed by atoms with Crippen LogP contribution in [0.4, 0.5) is 10.1 Å². The van der Waals surface area contributed by atoms with E-state index in [0.29, 0.717) is 5.69 Å². The third-order valence-electron chi connectivity index (χ3n) is 3.27. The van der Waals surface area contributed by atoms with E-state index in [1.165, 1.54) is 17.2 Å². The minimum atomic E-state index is -0.183. The minimum Gasteiger partial charge on any atom is -0.375 e. The first kappa shape index (κ1) is 14.5. The van der Waals surface area contributed by atoms with Crippen molar-refractivity contribution < 1.29 is 4.39 Å². The van der Waals surface area contributed by atoms with Crippen LogP contribution in [0.15, 0.2) is 42.5 Å².